The molecule has 0 aliphatic carbocycles. The summed E-state index contributed by atoms with van der Waals surface area (Å²) < 4.78 is 5.71. The molecule has 2 aliphatic heterocycles. The summed E-state index contributed by atoms with van der Waals surface area (Å²) in [5.74, 6) is -1.52. The van der Waals surface area contributed by atoms with Crippen molar-refractivity contribution in [3.05, 3.63) is 87.9 Å². The van der Waals surface area contributed by atoms with Gasteiger partial charge in [0, 0.05) is 22.8 Å². The zero-order valence-electron chi connectivity index (χ0n) is 19.8. The van der Waals surface area contributed by atoms with Gasteiger partial charge in [0.25, 0.3) is 5.91 Å². The predicted octanol–water partition coefficient (Wildman–Crippen LogP) is 6.01. The summed E-state index contributed by atoms with van der Waals surface area (Å²) in [7, 11) is 0. The molecule has 180 valence electrons. The first-order valence-corrected chi connectivity index (χ1v) is 12.0. The third-order valence-electron chi connectivity index (χ3n) is 6.66. The number of nitrogens with zero attached hydrogens (tertiary/aromatic N) is 1. The highest BCUT2D eigenvalue weighted by atomic mass is 35.5. The first kappa shape index (κ1) is 23.2. The monoisotopic (exact) mass is 490 g/mol. The second-order valence-electron chi connectivity index (χ2n) is 9.97. The number of aliphatic carboxylic acids is 1. The molecule has 6 nitrogen and oxygen atoms in total. The Morgan fingerprint density at radius 3 is 2.60 bits per heavy atom. The van der Waals surface area contributed by atoms with E-state index in [9.17, 15) is 14.7 Å². The first-order valence-electron chi connectivity index (χ1n) is 11.6. The highest BCUT2D eigenvalue weighted by Crippen LogP contribution is 2.47. The molecular formula is C28H27ClN2O4. The van der Waals surface area contributed by atoms with E-state index in [1.807, 2.05) is 30.3 Å². The lowest BCUT2D eigenvalue weighted by Crippen LogP contribution is -2.45. The van der Waals surface area contributed by atoms with E-state index >= 15 is 0 Å². The minimum absolute atomic E-state index is 0.179. The predicted molar refractivity (Wildman–Crippen MR) is 137 cm³/mol. The number of carboxylic acid groups (broad SMARTS) is 1. The molecule has 3 aromatic rings. The molecule has 5 rings (SSSR count). The number of fused-ring (bicyclic) bond motifs is 2. The average molecular weight is 491 g/mol. The van der Waals surface area contributed by atoms with E-state index in [0.29, 0.717) is 46.3 Å². The van der Waals surface area contributed by atoms with Gasteiger partial charge in [0.05, 0.1) is 11.7 Å². The maximum atomic E-state index is 13.9. The molecule has 7 heteroatoms. The lowest BCUT2D eigenvalue weighted by Gasteiger charge is -2.41. The van der Waals surface area contributed by atoms with E-state index in [2.05, 4.69) is 26.1 Å². The van der Waals surface area contributed by atoms with E-state index in [1.165, 1.54) is 0 Å². The summed E-state index contributed by atoms with van der Waals surface area (Å²) in [6.45, 7) is 7.42. The number of carbonyl (C=O) groups is 2. The number of hydrogen-bond donors (Lipinski definition) is 2. The number of ether oxygens (including phenoxy) is 1. The van der Waals surface area contributed by atoms with E-state index in [1.54, 1.807) is 35.2 Å². The molecule has 0 saturated carbocycles. The summed E-state index contributed by atoms with van der Waals surface area (Å²) in [5, 5.41) is 14.2. The zero-order valence-corrected chi connectivity index (χ0v) is 20.6. The largest absolute Gasteiger partial charge is 0.490 e. The van der Waals surface area contributed by atoms with E-state index in [4.69, 9.17) is 16.3 Å². The molecular weight excluding hydrogens is 464 g/mol. The third-order valence-corrected chi connectivity index (χ3v) is 6.98. The Kier molecular flexibility index (Phi) is 5.72. The van der Waals surface area contributed by atoms with Gasteiger partial charge in [-0.15, -0.1) is 0 Å². The molecule has 1 amide bonds. The number of carbonyl (C=O) groups excluding carboxylic acids is 1. The minimum atomic E-state index is -1.00. The fraction of sp³-hybridized carbons (Fsp3) is 0.286. The molecule has 0 radical (unpaired) electrons. The summed E-state index contributed by atoms with van der Waals surface area (Å²) in [6.07, 6.45) is 0. The molecule has 2 atom stereocenters. The van der Waals surface area contributed by atoms with Gasteiger partial charge in [0.1, 0.15) is 18.3 Å². The Labute approximate surface area is 209 Å². The van der Waals surface area contributed by atoms with Gasteiger partial charge in [0.2, 0.25) is 0 Å². The van der Waals surface area contributed by atoms with E-state index in [0.717, 1.165) is 11.3 Å². The van der Waals surface area contributed by atoms with Crippen molar-refractivity contribution in [2.45, 2.75) is 38.1 Å². The van der Waals surface area contributed by atoms with Crippen molar-refractivity contribution in [1.82, 2.24) is 0 Å². The third kappa shape index (κ3) is 4.02. The molecule has 0 saturated heterocycles. The SMILES string of the molecule is CC(C)(C)c1ccc(N2C(=O)c3ccccc3C(C(=O)O)C2c2ccc3c(c2)NCCO3)cc1Cl. The second kappa shape index (κ2) is 8.61. The molecule has 2 unspecified atom stereocenters. The number of amides is 1. The van der Waals surface area contributed by atoms with E-state index < -0.39 is 17.9 Å². The maximum Gasteiger partial charge on any atom is 0.313 e. The van der Waals surface area contributed by atoms with Crippen LogP contribution in [0.3, 0.4) is 0 Å². The Hall–Kier alpha value is -3.51. The molecule has 3 aromatic carbocycles. The van der Waals surface area contributed by atoms with Crippen molar-refractivity contribution >= 4 is 34.9 Å². The molecule has 0 bridgehead atoms. The van der Waals surface area contributed by atoms with Crippen LogP contribution in [0.25, 0.3) is 0 Å². The molecule has 0 aromatic heterocycles. The van der Waals surface area contributed by atoms with Crippen LogP contribution in [-0.4, -0.2) is 30.1 Å². The highest BCUT2D eigenvalue weighted by molar-refractivity contribution is 6.32. The normalized spacial score (nSPS) is 19.3. The first-order chi connectivity index (χ1) is 16.7. The van der Waals surface area contributed by atoms with Crippen LogP contribution < -0.4 is 15.0 Å². The smallest absolute Gasteiger partial charge is 0.313 e. The van der Waals surface area contributed by atoms with E-state index in [-0.39, 0.29) is 11.3 Å². The van der Waals surface area contributed by atoms with Crippen LogP contribution in [0.2, 0.25) is 5.02 Å². The van der Waals surface area contributed by atoms with Crippen molar-refractivity contribution in [2.24, 2.45) is 0 Å². The van der Waals surface area contributed by atoms with Gasteiger partial charge in [-0.1, -0.05) is 62.7 Å². The summed E-state index contributed by atoms with van der Waals surface area (Å²) >= 11 is 6.69. The van der Waals surface area contributed by atoms with Crippen molar-refractivity contribution in [1.29, 1.82) is 0 Å². The Bertz CT molecular complexity index is 1330. The highest BCUT2D eigenvalue weighted by Gasteiger charge is 2.45. The van der Waals surface area contributed by atoms with Crippen LogP contribution in [-0.2, 0) is 10.2 Å². The quantitative estimate of drug-likeness (QED) is 0.470. The molecule has 2 aliphatic rings. The number of anilines is 2. The molecule has 2 heterocycles. The number of rotatable bonds is 3. The standard InChI is InChI=1S/C28H27ClN2O4/c1-28(2,3)20-10-9-17(15-21(20)29)31-25(16-8-11-23-22(14-16)30-12-13-35-23)24(27(33)34)18-6-4-5-7-19(18)26(31)32/h4-11,14-15,24-25,30H,12-13H2,1-3H3,(H,33,34). The summed E-state index contributed by atoms with van der Waals surface area (Å²) in [6, 6.07) is 17.2. The van der Waals surface area contributed by atoms with Crippen LogP contribution in [0.15, 0.2) is 60.7 Å². The second-order valence-corrected chi connectivity index (χ2v) is 10.4. The lowest BCUT2D eigenvalue weighted by atomic mass is 9.79. The lowest BCUT2D eigenvalue weighted by molar-refractivity contribution is -0.139. The fourth-order valence-corrected chi connectivity index (χ4v) is 5.49. The topological polar surface area (TPSA) is 78.9 Å². The Morgan fingerprint density at radius 2 is 1.89 bits per heavy atom. The van der Waals surface area contributed by atoms with Crippen LogP contribution in [0.1, 0.15) is 59.8 Å². The molecule has 0 spiro atoms. The van der Waals surface area contributed by atoms with Gasteiger partial charge in [-0.25, -0.2) is 0 Å². The van der Waals surface area contributed by atoms with Gasteiger partial charge in [0.15, 0.2) is 0 Å². The van der Waals surface area contributed by atoms with Crippen molar-refractivity contribution in [3.63, 3.8) is 0 Å². The number of carboxylic acids is 1. The Morgan fingerprint density at radius 1 is 1.11 bits per heavy atom. The minimum Gasteiger partial charge on any atom is -0.490 e. The fourth-order valence-electron chi connectivity index (χ4n) is 5.03. The summed E-state index contributed by atoms with van der Waals surface area (Å²) in [4.78, 5) is 28.2. The van der Waals surface area contributed by atoms with Gasteiger partial charge in [-0.05, 0) is 52.4 Å². The van der Waals surface area contributed by atoms with Crippen LogP contribution in [0.5, 0.6) is 5.75 Å². The summed E-state index contributed by atoms with van der Waals surface area (Å²) in [5.41, 5.74) is 3.70. The van der Waals surface area contributed by atoms with Crippen LogP contribution in [0.4, 0.5) is 11.4 Å². The van der Waals surface area contributed by atoms with Crippen molar-refractivity contribution in [2.75, 3.05) is 23.4 Å². The van der Waals surface area contributed by atoms with Gasteiger partial charge in [-0.3, -0.25) is 14.5 Å². The van der Waals surface area contributed by atoms with Crippen LogP contribution >= 0.6 is 11.6 Å². The number of benzene rings is 3. The number of nitrogens with one attached hydrogen (secondary N) is 1. The number of halogens is 1. The zero-order chi connectivity index (χ0) is 24.9. The average Bonchev–Trinajstić information content (AvgIpc) is 2.82. The number of hydrogen-bond acceptors (Lipinski definition) is 4. The van der Waals surface area contributed by atoms with Crippen LogP contribution in [0, 0.1) is 0 Å². The maximum absolute atomic E-state index is 13.9. The van der Waals surface area contributed by atoms with Gasteiger partial charge < -0.3 is 15.2 Å². The van der Waals surface area contributed by atoms with Gasteiger partial charge >= 0.3 is 5.97 Å². The Balaban J connectivity index is 1.72. The molecule has 35 heavy (non-hydrogen) atoms. The van der Waals surface area contributed by atoms with Crippen molar-refractivity contribution < 1.29 is 19.4 Å². The van der Waals surface area contributed by atoms with Crippen molar-refractivity contribution in [3.8, 4) is 5.75 Å². The molecule has 2 N–H and O–H groups in total. The molecule has 0 fully saturated rings. The van der Waals surface area contributed by atoms with Gasteiger partial charge in [-0.2, -0.15) is 0 Å².